The normalized spacial score (nSPS) is 11.7. The minimum Gasteiger partial charge on any atom is -0.350 e. The average Bonchev–Trinajstić information content (AvgIpc) is 2.96. The van der Waals surface area contributed by atoms with Crippen LogP contribution >= 0.6 is 11.3 Å². The average molecular weight is 291 g/mol. The van der Waals surface area contributed by atoms with Crippen LogP contribution in [0.4, 0.5) is 0 Å². The molecule has 0 spiro atoms. The van der Waals surface area contributed by atoms with Gasteiger partial charge in [-0.1, -0.05) is 20.8 Å². The number of hydrogen-bond donors (Lipinski definition) is 1. The van der Waals surface area contributed by atoms with Crippen LogP contribution in [0.2, 0.25) is 0 Å². The maximum atomic E-state index is 12.3. The molecule has 2 rings (SSSR count). The summed E-state index contributed by atoms with van der Waals surface area (Å²) in [4.78, 5) is 17.4. The van der Waals surface area contributed by atoms with Gasteiger partial charge in [-0.05, 0) is 19.1 Å². The predicted molar refractivity (Wildman–Crippen MR) is 82.1 cm³/mol. The van der Waals surface area contributed by atoms with Crippen molar-refractivity contribution in [2.24, 2.45) is 7.05 Å². The van der Waals surface area contributed by atoms with Gasteiger partial charge in [-0.15, -0.1) is 11.3 Å². The smallest absolute Gasteiger partial charge is 0.263 e. The Morgan fingerprint density at radius 3 is 2.65 bits per heavy atom. The molecule has 1 N–H and O–H groups in total. The number of carbonyl (C=O) groups is 1. The molecular weight excluding hydrogens is 270 g/mol. The Morgan fingerprint density at radius 2 is 2.10 bits per heavy atom. The van der Waals surface area contributed by atoms with Gasteiger partial charge in [0.15, 0.2) is 0 Å². The molecule has 0 unspecified atom stereocenters. The number of carbonyl (C=O) groups excluding carboxylic acids is 1. The summed E-state index contributed by atoms with van der Waals surface area (Å²) >= 11 is 1.40. The van der Waals surface area contributed by atoms with Crippen molar-refractivity contribution in [3.05, 3.63) is 39.6 Å². The molecule has 2 aromatic heterocycles. The molecule has 0 radical (unpaired) electrons. The Labute approximate surface area is 123 Å². The third-order valence-corrected chi connectivity index (χ3v) is 4.22. The van der Waals surface area contributed by atoms with Crippen LogP contribution in [0.3, 0.4) is 0 Å². The molecule has 0 aliphatic carbocycles. The maximum absolute atomic E-state index is 12.3. The first-order chi connectivity index (χ1) is 9.30. The molecule has 1 amide bonds. The molecule has 20 heavy (non-hydrogen) atoms. The van der Waals surface area contributed by atoms with E-state index in [1.54, 1.807) is 5.51 Å². The van der Waals surface area contributed by atoms with Crippen molar-refractivity contribution in [3.63, 3.8) is 0 Å². The fourth-order valence-electron chi connectivity index (χ4n) is 2.04. The van der Waals surface area contributed by atoms with Gasteiger partial charge in [-0.25, -0.2) is 4.98 Å². The van der Waals surface area contributed by atoms with Gasteiger partial charge < -0.3 is 9.88 Å². The van der Waals surface area contributed by atoms with E-state index >= 15 is 0 Å². The monoisotopic (exact) mass is 291 g/mol. The highest BCUT2D eigenvalue weighted by atomic mass is 32.1. The Balaban J connectivity index is 2.10. The van der Waals surface area contributed by atoms with Crippen LogP contribution in [0, 0.1) is 6.92 Å². The summed E-state index contributed by atoms with van der Waals surface area (Å²) in [7, 11) is 2.00. The number of nitrogens with zero attached hydrogens (tertiary/aromatic N) is 2. The molecule has 0 aromatic carbocycles. The number of thiazole rings is 1. The van der Waals surface area contributed by atoms with Crippen molar-refractivity contribution in [2.75, 3.05) is 0 Å². The number of hydrogen-bond acceptors (Lipinski definition) is 3. The molecular formula is C15H21N3OS. The maximum Gasteiger partial charge on any atom is 0.263 e. The molecule has 108 valence electrons. The van der Waals surface area contributed by atoms with Crippen LogP contribution in [0.1, 0.15) is 47.5 Å². The molecule has 5 heteroatoms. The van der Waals surface area contributed by atoms with Gasteiger partial charge in [0.05, 0.1) is 17.7 Å². The summed E-state index contributed by atoms with van der Waals surface area (Å²) in [5, 5.41) is 2.98. The third-order valence-electron chi connectivity index (χ3n) is 3.39. The fraction of sp³-hybridized carbons (Fsp3) is 0.467. The predicted octanol–water partition coefficient (Wildman–Crippen LogP) is 3.02. The largest absolute Gasteiger partial charge is 0.350 e. The Morgan fingerprint density at radius 1 is 1.40 bits per heavy atom. The molecule has 0 fully saturated rings. The van der Waals surface area contributed by atoms with Gasteiger partial charge in [0.25, 0.3) is 5.91 Å². The Hall–Kier alpha value is -1.62. The highest BCUT2D eigenvalue weighted by Crippen LogP contribution is 2.27. The summed E-state index contributed by atoms with van der Waals surface area (Å²) in [6, 6.07) is 4.09. The molecule has 2 aromatic rings. The van der Waals surface area contributed by atoms with Crippen molar-refractivity contribution in [3.8, 4) is 0 Å². The van der Waals surface area contributed by atoms with Gasteiger partial charge in [0.2, 0.25) is 0 Å². The Bertz CT molecular complexity index is 619. The number of amides is 1. The first-order valence-electron chi connectivity index (χ1n) is 6.64. The zero-order valence-electron chi connectivity index (χ0n) is 12.7. The molecule has 0 bridgehead atoms. The molecule has 0 atom stereocenters. The lowest BCUT2D eigenvalue weighted by Crippen LogP contribution is -2.26. The first kappa shape index (κ1) is 14.8. The molecule has 0 saturated carbocycles. The second-order valence-electron chi connectivity index (χ2n) is 5.99. The molecule has 2 heterocycles. The van der Waals surface area contributed by atoms with E-state index in [4.69, 9.17) is 0 Å². The van der Waals surface area contributed by atoms with Crippen LogP contribution in [-0.2, 0) is 19.0 Å². The zero-order valence-corrected chi connectivity index (χ0v) is 13.5. The molecule has 0 saturated heterocycles. The zero-order chi connectivity index (χ0) is 14.9. The summed E-state index contributed by atoms with van der Waals surface area (Å²) in [5.41, 5.74) is 4.76. The van der Waals surface area contributed by atoms with E-state index in [1.165, 1.54) is 17.0 Å². The van der Waals surface area contributed by atoms with E-state index < -0.39 is 0 Å². The lowest BCUT2D eigenvalue weighted by atomic mass is 9.91. The van der Waals surface area contributed by atoms with Crippen molar-refractivity contribution in [1.82, 2.24) is 14.9 Å². The van der Waals surface area contributed by atoms with Crippen LogP contribution < -0.4 is 5.32 Å². The van der Waals surface area contributed by atoms with Crippen LogP contribution in [0.25, 0.3) is 0 Å². The van der Waals surface area contributed by atoms with Gasteiger partial charge in [-0.2, -0.15) is 0 Å². The van der Waals surface area contributed by atoms with Gasteiger partial charge >= 0.3 is 0 Å². The number of aromatic nitrogens is 2. The van der Waals surface area contributed by atoms with Gasteiger partial charge in [0.1, 0.15) is 4.88 Å². The number of rotatable bonds is 3. The second kappa shape index (κ2) is 5.40. The van der Waals surface area contributed by atoms with Crippen LogP contribution in [-0.4, -0.2) is 15.5 Å². The van der Waals surface area contributed by atoms with Gasteiger partial charge in [-0.3, -0.25) is 4.79 Å². The van der Waals surface area contributed by atoms with E-state index in [1.807, 2.05) is 20.0 Å². The number of nitrogens with one attached hydrogen (secondary N) is 1. The Kier molecular flexibility index (Phi) is 3.99. The van der Waals surface area contributed by atoms with E-state index in [0.717, 1.165) is 11.4 Å². The quantitative estimate of drug-likeness (QED) is 0.945. The second-order valence-corrected chi connectivity index (χ2v) is 6.84. The highest BCUT2D eigenvalue weighted by Gasteiger charge is 2.24. The third kappa shape index (κ3) is 2.93. The minimum atomic E-state index is -0.117. The summed E-state index contributed by atoms with van der Waals surface area (Å²) in [5.74, 6) is -0.0451. The minimum absolute atomic E-state index is 0.0451. The van der Waals surface area contributed by atoms with Crippen LogP contribution in [0.15, 0.2) is 17.6 Å². The van der Waals surface area contributed by atoms with Crippen molar-refractivity contribution >= 4 is 17.2 Å². The molecule has 4 nitrogen and oxygen atoms in total. The molecule has 0 aliphatic rings. The van der Waals surface area contributed by atoms with Crippen molar-refractivity contribution in [2.45, 2.75) is 39.7 Å². The van der Waals surface area contributed by atoms with Crippen molar-refractivity contribution < 1.29 is 4.79 Å². The van der Waals surface area contributed by atoms with Crippen molar-refractivity contribution in [1.29, 1.82) is 0 Å². The molecule has 0 aliphatic heterocycles. The van der Waals surface area contributed by atoms with Crippen LogP contribution in [0.5, 0.6) is 0 Å². The summed E-state index contributed by atoms with van der Waals surface area (Å²) in [6.07, 6.45) is 0. The van der Waals surface area contributed by atoms with E-state index in [9.17, 15) is 4.79 Å². The topological polar surface area (TPSA) is 46.9 Å². The summed E-state index contributed by atoms with van der Waals surface area (Å²) < 4.78 is 2.08. The first-order valence-corrected chi connectivity index (χ1v) is 7.52. The number of aryl methyl sites for hydroxylation is 1. The lowest BCUT2D eigenvalue weighted by molar-refractivity contribution is 0.0952. The fourth-order valence-corrected chi connectivity index (χ4v) is 2.95. The highest BCUT2D eigenvalue weighted by molar-refractivity contribution is 7.11. The lowest BCUT2D eigenvalue weighted by Gasteiger charge is -2.17. The SMILES string of the molecule is Cc1ccc(CNC(=O)c2scnc2C(C)(C)C)n1C. The summed E-state index contributed by atoms with van der Waals surface area (Å²) in [6.45, 7) is 8.79. The van der Waals surface area contributed by atoms with E-state index in [2.05, 4.69) is 41.7 Å². The van der Waals surface area contributed by atoms with Gasteiger partial charge in [0, 0.05) is 23.9 Å². The van der Waals surface area contributed by atoms with E-state index in [0.29, 0.717) is 11.4 Å². The standard InChI is InChI=1S/C15H21N3OS/c1-10-6-7-11(18(10)5)8-16-14(19)12-13(15(2,3)4)17-9-20-12/h6-7,9H,8H2,1-5H3,(H,16,19). The van der Waals surface area contributed by atoms with E-state index in [-0.39, 0.29) is 11.3 Å².